The van der Waals surface area contributed by atoms with Crippen molar-refractivity contribution >= 4 is 5.97 Å². The molecule has 0 amide bonds. The van der Waals surface area contributed by atoms with E-state index in [4.69, 9.17) is 0 Å². The summed E-state index contributed by atoms with van der Waals surface area (Å²) >= 11 is 0. The highest BCUT2D eigenvalue weighted by Crippen LogP contribution is 2.23. The molecule has 110 valence electrons. The van der Waals surface area contributed by atoms with E-state index in [-0.39, 0.29) is 12.3 Å². The maximum atomic E-state index is 14.4. The Kier molecular flexibility index (Phi) is 4.16. The van der Waals surface area contributed by atoms with Crippen LogP contribution in [0.2, 0.25) is 0 Å². The number of carbonyl (C=O) groups is 1. The van der Waals surface area contributed by atoms with Crippen LogP contribution in [0.15, 0.2) is 30.5 Å². The molecule has 21 heavy (non-hydrogen) atoms. The Morgan fingerprint density at radius 2 is 1.90 bits per heavy atom. The third-order valence-electron chi connectivity index (χ3n) is 2.94. The second kappa shape index (κ2) is 5.87. The van der Waals surface area contributed by atoms with Gasteiger partial charge in [-0.05, 0) is 26.0 Å². The molecule has 0 aliphatic heterocycles. The van der Waals surface area contributed by atoms with E-state index in [0.29, 0.717) is 16.5 Å². The summed E-state index contributed by atoms with van der Waals surface area (Å²) in [6, 6.07) is 6.55. The zero-order chi connectivity index (χ0) is 15.6. The van der Waals surface area contributed by atoms with Gasteiger partial charge in [-0.15, -0.1) is 0 Å². The van der Waals surface area contributed by atoms with Gasteiger partial charge in [0, 0.05) is 4.73 Å². The standard InChI is InChI=1S/C15H14F2NO3/c1-3-21-15(19)12-11(16)8-18(20)14(13(12)17)10-6-4-9(2)5-7-10/h4-8,20H,3H2,1-2H3/q+1. The summed E-state index contributed by atoms with van der Waals surface area (Å²) in [7, 11) is 0. The van der Waals surface area contributed by atoms with Crippen molar-refractivity contribution in [2.45, 2.75) is 13.8 Å². The number of rotatable bonds is 3. The zero-order valence-electron chi connectivity index (χ0n) is 11.6. The average molecular weight is 294 g/mol. The summed E-state index contributed by atoms with van der Waals surface area (Å²) in [5.41, 5.74) is 0.125. The van der Waals surface area contributed by atoms with Crippen LogP contribution in [0.3, 0.4) is 0 Å². The van der Waals surface area contributed by atoms with Crippen molar-refractivity contribution in [2.24, 2.45) is 0 Å². The molecule has 0 aliphatic carbocycles. The molecular formula is C15H14F2NO3+. The predicted molar refractivity (Wildman–Crippen MR) is 69.9 cm³/mol. The Morgan fingerprint density at radius 3 is 2.48 bits per heavy atom. The summed E-state index contributed by atoms with van der Waals surface area (Å²) in [6.45, 7) is 3.37. The van der Waals surface area contributed by atoms with Gasteiger partial charge in [-0.2, -0.15) is 8.78 Å². The fourth-order valence-electron chi connectivity index (χ4n) is 1.92. The summed E-state index contributed by atoms with van der Waals surface area (Å²) < 4.78 is 33.1. The van der Waals surface area contributed by atoms with E-state index in [1.807, 2.05) is 6.92 Å². The molecule has 2 rings (SSSR count). The smallest absolute Gasteiger partial charge is 0.344 e. The molecule has 0 saturated heterocycles. The van der Waals surface area contributed by atoms with Crippen molar-refractivity contribution in [3.63, 3.8) is 0 Å². The summed E-state index contributed by atoms with van der Waals surface area (Å²) in [4.78, 5) is 11.6. The van der Waals surface area contributed by atoms with E-state index in [1.165, 1.54) is 6.92 Å². The third-order valence-corrected chi connectivity index (χ3v) is 2.94. The molecule has 0 fully saturated rings. The van der Waals surface area contributed by atoms with Crippen LogP contribution in [0, 0.1) is 18.6 Å². The van der Waals surface area contributed by atoms with Crippen molar-refractivity contribution < 1.29 is 28.2 Å². The van der Waals surface area contributed by atoms with Crippen LogP contribution in [-0.4, -0.2) is 17.8 Å². The Balaban J connectivity index is 2.64. The first-order chi connectivity index (χ1) is 9.95. The number of halogens is 2. The van der Waals surface area contributed by atoms with Gasteiger partial charge in [-0.3, -0.25) is 5.21 Å². The van der Waals surface area contributed by atoms with Gasteiger partial charge < -0.3 is 4.74 Å². The fourth-order valence-corrected chi connectivity index (χ4v) is 1.92. The third kappa shape index (κ3) is 2.84. The molecule has 0 aliphatic rings. The van der Waals surface area contributed by atoms with E-state index >= 15 is 0 Å². The maximum absolute atomic E-state index is 14.4. The molecule has 1 aromatic carbocycles. The zero-order valence-corrected chi connectivity index (χ0v) is 11.6. The number of hydrogen-bond donors (Lipinski definition) is 1. The second-order valence-corrected chi connectivity index (χ2v) is 4.45. The lowest BCUT2D eigenvalue weighted by Crippen LogP contribution is -2.36. The van der Waals surface area contributed by atoms with E-state index in [2.05, 4.69) is 4.74 Å². The normalized spacial score (nSPS) is 10.5. The molecule has 0 unspecified atom stereocenters. The van der Waals surface area contributed by atoms with Crippen molar-refractivity contribution in [3.05, 3.63) is 53.2 Å². The highest BCUT2D eigenvalue weighted by Gasteiger charge is 2.31. The van der Waals surface area contributed by atoms with Crippen LogP contribution < -0.4 is 4.73 Å². The quantitative estimate of drug-likeness (QED) is 0.538. The number of aromatic nitrogens is 1. The number of benzene rings is 1. The highest BCUT2D eigenvalue weighted by atomic mass is 19.1. The molecule has 1 heterocycles. The van der Waals surface area contributed by atoms with Crippen molar-refractivity contribution in [1.82, 2.24) is 0 Å². The van der Waals surface area contributed by atoms with Gasteiger partial charge in [-0.25, -0.2) is 4.79 Å². The van der Waals surface area contributed by atoms with Crippen molar-refractivity contribution in [1.29, 1.82) is 0 Å². The molecule has 2 aromatic rings. The van der Waals surface area contributed by atoms with Crippen molar-refractivity contribution in [2.75, 3.05) is 6.61 Å². The lowest BCUT2D eigenvalue weighted by atomic mass is 10.1. The first-order valence-corrected chi connectivity index (χ1v) is 6.32. The number of esters is 1. The van der Waals surface area contributed by atoms with E-state index in [9.17, 15) is 18.8 Å². The van der Waals surface area contributed by atoms with Crippen LogP contribution in [0.25, 0.3) is 11.3 Å². The number of carbonyl (C=O) groups excluding carboxylic acids is 1. The van der Waals surface area contributed by atoms with Gasteiger partial charge in [0.2, 0.25) is 11.6 Å². The minimum absolute atomic E-state index is 0.00834. The van der Waals surface area contributed by atoms with Crippen LogP contribution in [0.1, 0.15) is 22.8 Å². The molecule has 0 spiro atoms. The van der Waals surface area contributed by atoms with Gasteiger partial charge in [-0.1, -0.05) is 17.7 Å². The SMILES string of the molecule is CCOC(=O)c1c(F)c[n+](O)c(-c2ccc(C)cc2)c1F. The molecule has 1 aromatic heterocycles. The number of hydrogen-bond acceptors (Lipinski definition) is 3. The monoisotopic (exact) mass is 294 g/mol. The molecule has 4 nitrogen and oxygen atoms in total. The summed E-state index contributed by atoms with van der Waals surface area (Å²) in [5, 5.41) is 9.72. The first-order valence-electron chi connectivity index (χ1n) is 6.32. The summed E-state index contributed by atoms with van der Waals surface area (Å²) in [5.74, 6) is -3.47. The highest BCUT2D eigenvalue weighted by molar-refractivity contribution is 5.91. The lowest BCUT2D eigenvalue weighted by Gasteiger charge is -2.06. The average Bonchev–Trinajstić information content (AvgIpc) is 2.40. The van der Waals surface area contributed by atoms with Crippen LogP contribution >= 0.6 is 0 Å². The minimum Gasteiger partial charge on any atom is -0.462 e. The number of aryl methyl sites for hydroxylation is 1. The van der Waals surface area contributed by atoms with Crippen LogP contribution in [0.4, 0.5) is 8.78 Å². The van der Waals surface area contributed by atoms with Gasteiger partial charge >= 0.3 is 11.7 Å². The van der Waals surface area contributed by atoms with Crippen LogP contribution in [0.5, 0.6) is 0 Å². The van der Waals surface area contributed by atoms with Crippen molar-refractivity contribution in [3.8, 4) is 11.3 Å². The topological polar surface area (TPSA) is 50.4 Å². The molecule has 0 saturated carbocycles. The number of pyridine rings is 1. The molecular weight excluding hydrogens is 280 g/mol. The Labute approximate surface area is 120 Å². The van der Waals surface area contributed by atoms with E-state index in [1.54, 1.807) is 24.3 Å². The Morgan fingerprint density at radius 1 is 1.29 bits per heavy atom. The molecule has 0 atom stereocenters. The fraction of sp³-hybridized carbons (Fsp3) is 0.200. The van der Waals surface area contributed by atoms with E-state index < -0.39 is 23.2 Å². The largest absolute Gasteiger partial charge is 0.462 e. The van der Waals surface area contributed by atoms with Gasteiger partial charge in [0.1, 0.15) is 5.56 Å². The minimum atomic E-state index is -1.19. The summed E-state index contributed by atoms with van der Waals surface area (Å²) in [6.07, 6.45) is 0.629. The number of nitrogens with zero attached hydrogens (tertiary/aromatic N) is 1. The number of ether oxygens (including phenoxy) is 1. The lowest BCUT2D eigenvalue weighted by molar-refractivity contribution is -0.897. The molecule has 6 heteroatoms. The first kappa shape index (κ1) is 14.9. The molecule has 0 bridgehead atoms. The molecule has 1 N–H and O–H groups in total. The van der Waals surface area contributed by atoms with Gasteiger partial charge in [0.15, 0.2) is 0 Å². The Bertz CT molecular complexity index is 684. The Hall–Kier alpha value is -2.50. The maximum Gasteiger partial charge on any atom is 0.344 e. The van der Waals surface area contributed by atoms with E-state index in [0.717, 1.165) is 5.56 Å². The van der Waals surface area contributed by atoms with Gasteiger partial charge in [0.05, 0.1) is 12.2 Å². The second-order valence-electron chi connectivity index (χ2n) is 4.45. The molecule has 0 radical (unpaired) electrons. The van der Waals surface area contributed by atoms with Crippen LogP contribution in [-0.2, 0) is 4.74 Å². The predicted octanol–water partition coefficient (Wildman–Crippen LogP) is 2.64. The van der Waals surface area contributed by atoms with Gasteiger partial charge in [0.25, 0.3) is 6.20 Å².